The SMILES string of the molecule is C1=CC[C@@H](C2=NCCCN2)C(SCC2=CC(C3C=CCCC3)CCC2)C=C1. The monoisotopic (exact) mass is 382 g/mol. The maximum absolute atomic E-state index is 4.82. The summed E-state index contributed by atoms with van der Waals surface area (Å²) < 4.78 is 0. The summed E-state index contributed by atoms with van der Waals surface area (Å²) in [6, 6.07) is 0. The van der Waals surface area contributed by atoms with Crippen LogP contribution in [0.2, 0.25) is 0 Å². The topological polar surface area (TPSA) is 24.4 Å². The van der Waals surface area contributed by atoms with Gasteiger partial charge in [-0.1, -0.05) is 48.1 Å². The lowest BCUT2D eigenvalue weighted by Gasteiger charge is -2.30. The van der Waals surface area contributed by atoms with Crippen molar-refractivity contribution in [2.75, 3.05) is 18.8 Å². The van der Waals surface area contributed by atoms with Gasteiger partial charge in [0.1, 0.15) is 5.84 Å². The van der Waals surface area contributed by atoms with Crippen molar-refractivity contribution in [3.8, 4) is 0 Å². The Labute approximate surface area is 169 Å². The number of rotatable bonds is 5. The van der Waals surface area contributed by atoms with Crippen LogP contribution in [0.25, 0.3) is 0 Å². The van der Waals surface area contributed by atoms with E-state index in [1.165, 1.54) is 56.5 Å². The molecular weight excluding hydrogens is 348 g/mol. The number of thioether (sulfide) groups is 1. The van der Waals surface area contributed by atoms with E-state index < -0.39 is 0 Å². The fraction of sp³-hybridized carbons (Fsp3) is 0.625. The molecule has 2 nitrogen and oxygen atoms in total. The molecule has 4 atom stereocenters. The van der Waals surface area contributed by atoms with Crippen molar-refractivity contribution in [2.24, 2.45) is 22.7 Å². The van der Waals surface area contributed by atoms with Gasteiger partial charge < -0.3 is 5.32 Å². The number of allylic oxidation sites excluding steroid dienone is 6. The van der Waals surface area contributed by atoms with E-state index in [-0.39, 0.29) is 0 Å². The Balaban J connectivity index is 1.39. The van der Waals surface area contributed by atoms with E-state index in [0.717, 1.165) is 31.3 Å². The predicted molar refractivity (Wildman–Crippen MR) is 119 cm³/mol. The number of nitrogens with zero attached hydrogens (tertiary/aromatic N) is 1. The van der Waals surface area contributed by atoms with Gasteiger partial charge in [0.25, 0.3) is 0 Å². The van der Waals surface area contributed by atoms with Crippen molar-refractivity contribution in [2.45, 2.75) is 56.6 Å². The second kappa shape index (κ2) is 9.82. The zero-order valence-corrected chi connectivity index (χ0v) is 17.3. The molecule has 0 amide bonds. The molecule has 4 aliphatic rings. The first kappa shape index (κ1) is 19.1. The normalized spacial score (nSPS) is 33.8. The molecule has 146 valence electrons. The van der Waals surface area contributed by atoms with Crippen LogP contribution in [-0.4, -0.2) is 29.9 Å². The van der Waals surface area contributed by atoms with E-state index in [1.807, 2.05) is 0 Å². The first-order chi connectivity index (χ1) is 13.4. The molecular formula is C24H34N2S. The van der Waals surface area contributed by atoms with Crippen LogP contribution in [0.3, 0.4) is 0 Å². The van der Waals surface area contributed by atoms with Gasteiger partial charge in [-0.25, -0.2) is 0 Å². The van der Waals surface area contributed by atoms with Gasteiger partial charge in [-0.3, -0.25) is 4.99 Å². The Morgan fingerprint density at radius 2 is 2.00 bits per heavy atom. The maximum Gasteiger partial charge on any atom is 0.101 e. The van der Waals surface area contributed by atoms with Gasteiger partial charge in [-0.05, 0) is 63.2 Å². The summed E-state index contributed by atoms with van der Waals surface area (Å²) in [7, 11) is 0. The molecule has 0 saturated carbocycles. The quantitative estimate of drug-likeness (QED) is 0.617. The second-order valence-electron chi connectivity index (χ2n) is 8.38. The van der Waals surface area contributed by atoms with Crippen molar-refractivity contribution in [3.63, 3.8) is 0 Å². The molecule has 0 saturated heterocycles. The molecule has 0 fully saturated rings. The molecule has 1 heterocycles. The summed E-state index contributed by atoms with van der Waals surface area (Å²) in [6.07, 6.45) is 27.1. The number of amidine groups is 1. The van der Waals surface area contributed by atoms with E-state index in [0.29, 0.717) is 11.2 Å². The highest BCUT2D eigenvalue weighted by Gasteiger charge is 2.27. The Bertz CT molecular complexity index is 643. The molecule has 1 N–H and O–H groups in total. The lowest BCUT2D eigenvalue weighted by Crippen LogP contribution is -2.39. The van der Waals surface area contributed by atoms with Gasteiger partial charge in [-0.2, -0.15) is 0 Å². The summed E-state index contributed by atoms with van der Waals surface area (Å²) in [5, 5.41) is 4.11. The molecule has 1 aliphatic heterocycles. The summed E-state index contributed by atoms with van der Waals surface area (Å²) in [5.41, 5.74) is 1.69. The van der Waals surface area contributed by atoms with Gasteiger partial charge in [-0.15, -0.1) is 11.8 Å². The fourth-order valence-corrected chi connectivity index (χ4v) is 6.20. The lowest BCUT2D eigenvalue weighted by atomic mass is 9.78. The van der Waals surface area contributed by atoms with Gasteiger partial charge in [0.05, 0.1) is 0 Å². The first-order valence-electron chi connectivity index (χ1n) is 11.0. The molecule has 4 rings (SSSR count). The van der Waals surface area contributed by atoms with Crippen LogP contribution in [-0.2, 0) is 0 Å². The van der Waals surface area contributed by atoms with Gasteiger partial charge >= 0.3 is 0 Å². The average molecular weight is 383 g/mol. The number of nitrogens with one attached hydrogen (secondary N) is 1. The number of hydrogen-bond donors (Lipinski definition) is 1. The van der Waals surface area contributed by atoms with Gasteiger partial charge in [0.15, 0.2) is 0 Å². The third kappa shape index (κ3) is 5.19. The maximum atomic E-state index is 4.82. The molecule has 0 bridgehead atoms. The standard InChI is InChI=1S/C24H34N2S/c1-3-10-20(11-4-1)21-12-7-9-19(17-21)18-27-23-14-6-2-5-13-22(23)24-25-15-8-16-26-24/h2-3,5-6,10,14,17,20-23H,1,4,7-9,11-13,15-16,18H2,(H,25,26)/t20?,21?,22-,23?/m1/s1. The number of aliphatic imine (C=N–C) groups is 1. The van der Waals surface area contributed by atoms with E-state index in [9.17, 15) is 0 Å². The molecule has 0 aromatic carbocycles. The van der Waals surface area contributed by atoms with Crippen LogP contribution >= 0.6 is 11.8 Å². The third-order valence-electron chi connectivity index (χ3n) is 6.40. The van der Waals surface area contributed by atoms with Crippen LogP contribution in [0.15, 0.2) is 53.1 Å². The van der Waals surface area contributed by atoms with E-state index in [1.54, 1.807) is 5.57 Å². The predicted octanol–water partition coefficient (Wildman–Crippen LogP) is 5.70. The van der Waals surface area contributed by atoms with E-state index >= 15 is 0 Å². The van der Waals surface area contributed by atoms with E-state index in [4.69, 9.17) is 4.99 Å². The summed E-state index contributed by atoms with van der Waals surface area (Å²) >= 11 is 2.13. The minimum atomic E-state index is 0.506. The van der Waals surface area contributed by atoms with Crippen LogP contribution in [0, 0.1) is 17.8 Å². The summed E-state index contributed by atoms with van der Waals surface area (Å²) in [6.45, 7) is 2.08. The fourth-order valence-electron chi connectivity index (χ4n) is 4.87. The van der Waals surface area contributed by atoms with Crippen molar-refractivity contribution < 1.29 is 0 Å². The highest BCUT2D eigenvalue weighted by molar-refractivity contribution is 8.00. The van der Waals surface area contributed by atoms with Crippen LogP contribution < -0.4 is 5.32 Å². The highest BCUT2D eigenvalue weighted by Crippen LogP contribution is 2.36. The van der Waals surface area contributed by atoms with Crippen LogP contribution in [0.5, 0.6) is 0 Å². The molecule has 0 spiro atoms. The van der Waals surface area contributed by atoms with E-state index in [2.05, 4.69) is 59.6 Å². The van der Waals surface area contributed by atoms with Crippen LogP contribution in [0.4, 0.5) is 0 Å². The van der Waals surface area contributed by atoms with Crippen molar-refractivity contribution in [3.05, 3.63) is 48.1 Å². The minimum Gasteiger partial charge on any atom is -0.373 e. The van der Waals surface area contributed by atoms with Crippen molar-refractivity contribution >= 4 is 17.6 Å². The lowest BCUT2D eigenvalue weighted by molar-refractivity contribution is 0.377. The van der Waals surface area contributed by atoms with Gasteiger partial charge in [0, 0.05) is 30.0 Å². The van der Waals surface area contributed by atoms with Gasteiger partial charge in [0.2, 0.25) is 0 Å². The zero-order valence-electron chi connectivity index (χ0n) is 16.5. The second-order valence-corrected chi connectivity index (χ2v) is 9.55. The molecule has 0 aromatic heterocycles. The molecule has 27 heavy (non-hydrogen) atoms. The zero-order chi connectivity index (χ0) is 18.3. The summed E-state index contributed by atoms with van der Waals surface area (Å²) in [5.74, 6) is 4.53. The smallest absolute Gasteiger partial charge is 0.101 e. The van der Waals surface area contributed by atoms with Crippen molar-refractivity contribution in [1.29, 1.82) is 0 Å². The third-order valence-corrected chi connectivity index (χ3v) is 7.80. The summed E-state index contributed by atoms with van der Waals surface area (Å²) in [4.78, 5) is 4.82. The average Bonchev–Trinajstić information content (AvgIpc) is 2.99. The highest BCUT2D eigenvalue weighted by atomic mass is 32.2. The molecule has 3 heteroatoms. The Hall–Kier alpha value is -1.22. The van der Waals surface area contributed by atoms with Crippen LogP contribution in [0.1, 0.15) is 51.4 Å². The Morgan fingerprint density at radius 1 is 1.04 bits per heavy atom. The van der Waals surface area contributed by atoms with Crippen molar-refractivity contribution in [1.82, 2.24) is 5.32 Å². The molecule has 0 radical (unpaired) electrons. The first-order valence-corrected chi connectivity index (χ1v) is 12.0. The molecule has 3 unspecified atom stereocenters. The largest absolute Gasteiger partial charge is 0.373 e. The Morgan fingerprint density at radius 3 is 2.85 bits per heavy atom. The minimum absolute atomic E-state index is 0.506. The Kier molecular flexibility index (Phi) is 6.95. The number of hydrogen-bond acceptors (Lipinski definition) is 3. The molecule has 3 aliphatic carbocycles. The molecule has 0 aromatic rings.